The maximum atomic E-state index is 2.58. The Kier molecular flexibility index (Phi) is 9.24. The lowest BCUT2D eigenvalue weighted by Gasteiger charge is -2.71. The first-order chi connectivity index (χ1) is 14.2. The predicted molar refractivity (Wildman–Crippen MR) is 153 cm³/mol. The molecule has 0 aliphatic carbocycles. The minimum absolute atomic E-state index is 0.323. The fourth-order valence-corrected chi connectivity index (χ4v) is 26.6. The first-order valence-electron chi connectivity index (χ1n) is 12.4. The van der Waals surface area contributed by atoms with E-state index in [1.54, 1.807) is 0 Å². The Morgan fingerprint density at radius 3 is 0.700 bits per heavy atom. The van der Waals surface area contributed by atoms with Gasteiger partial charge >= 0.3 is 0 Å². The highest BCUT2D eigenvalue weighted by atomic mass is 32.4. The van der Waals surface area contributed by atoms with Crippen LogP contribution in [0, 0.1) is 23.7 Å². The van der Waals surface area contributed by atoms with Gasteiger partial charge < -0.3 is 0 Å². The molecule has 0 spiro atoms. The molecule has 4 heterocycles. The number of hydrogen-bond donors (Lipinski definition) is 0. The second-order valence-electron chi connectivity index (χ2n) is 9.79. The van der Waals surface area contributed by atoms with E-state index in [1.807, 2.05) is 0 Å². The first kappa shape index (κ1) is 26.7. The van der Waals surface area contributed by atoms with Crippen LogP contribution in [0.5, 0.6) is 0 Å². The largest absolute Gasteiger partial charge is 0.115 e. The van der Waals surface area contributed by atoms with Crippen molar-refractivity contribution in [1.29, 1.82) is 0 Å². The zero-order valence-electron chi connectivity index (χ0n) is 20.4. The summed E-state index contributed by atoms with van der Waals surface area (Å²) in [4.78, 5) is 0. The first-order valence-corrected chi connectivity index (χ1v) is 17.3. The summed E-state index contributed by atoms with van der Waals surface area (Å²) in [6.45, 7) is 19.9. The summed E-state index contributed by atoms with van der Waals surface area (Å²) in [7, 11) is 0. The maximum Gasteiger partial charge on any atom is 0.115 e. The van der Waals surface area contributed by atoms with Crippen molar-refractivity contribution in [2.24, 2.45) is 23.7 Å². The van der Waals surface area contributed by atoms with E-state index in [0.29, 0.717) is 13.6 Å². The standard InChI is InChI=1S/C24H44S6/c1-9-13-17(5)21-25-22(18(6)14-10-2)28-23(26-21,19(7)15-11-3)30-24(27-21,29-22)20(8)16-12-4/h17-20H,9-16H2,1-8H3. The van der Waals surface area contributed by atoms with Gasteiger partial charge in [-0.15, -0.1) is 70.6 Å². The molecule has 4 aliphatic heterocycles. The van der Waals surface area contributed by atoms with Gasteiger partial charge in [0.1, 0.15) is 13.6 Å². The van der Waals surface area contributed by atoms with Crippen molar-refractivity contribution in [1.82, 2.24) is 0 Å². The van der Waals surface area contributed by atoms with Gasteiger partial charge in [-0.3, -0.25) is 0 Å². The van der Waals surface area contributed by atoms with Gasteiger partial charge in [0.2, 0.25) is 0 Å². The van der Waals surface area contributed by atoms with Crippen molar-refractivity contribution in [2.75, 3.05) is 0 Å². The summed E-state index contributed by atoms with van der Waals surface area (Å²) in [5, 5.41) is 0. The third-order valence-corrected chi connectivity index (χ3v) is 21.3. The van der Waals surface area contributed by atoms with Crippen LogP contribution in [-0.2, 0) is 0 Å². The topological polar surface area (TPSA) is 0 Å². The summed E-state index contributed by atoms with van der Waals surface area (Å²) in [6.07, 6.45) is 10.7. The SMILES string of the molecule is CCCC(C)C12SC3(C(C)CCC)SC(C(C)CCC)(S1)SC(C(C)CCC)(S2)S3. The summed E-state index contributed by atoms with van der Waals surface area (Å²) in [5.74, 6) is 3.05. The zero-order chi connectivity index (χ0) is 22.2. The monoisotopic (exact) mass is 524 g/mol. The van der Waals surface area contributed by atoms with Crippen LogP contribution in [0.2, 0.25) is 0 Å². The molecule has 0 saturated carbocycles. The average molecular weight is 525 g/mol. The smallest absolute Gasteiger partial charge is 0.104 e. The molecular weight excluding hydrogens is 481 g/mol. The van der Waals surface area contributed by atoms with Crippen molar-refractivity contribution in [3.05, 3.63) is 0 Å². The van der Waals surface area contributed by atoms with Gasteiger partial charge in [-0.25, -0.2) is 0 Å². The van der Waals surface area contributed by atoms with Crippen molar-refractivity contribution in [3.63, 3.8) is 0 Å². The molecule has 0 nitrogen and oxygen atoms in total. The average Bonchev–Trinajstić information content (AvgIpc) is 2.68. The minimum Gasteiger partial charge on any atom is -0.104 e. The Hall–Kier alpha value is 2.10. The molecule has 176 valence electrons. The molecule has 0 amide bonds. The maximum absolute atomic E-state index is 2.58. The molecule has 30 heavy (non-hydrogen) atoms. The van der Waals surface area contributed by atoms with E-state index in [0.717, 1.165) is 23.7 Å². The van der Waals surface area contributed by atoms with Crippen molar-refractivity contribution in [2.45, 2.75) is 120 Å². The highest BCUT2D eigenvalue weighted by Crippen LogP contribution is 2.93. The Morgan fingerprint density at radius 2 is 0.567 bits per heavy atom. The Labute approximate surface area is 213 Å². The molecule has 4 rings (SSSR count). The second kappa shape index (κ2) is 10.4. The van der Waals surface area contributed by atoms with Gasteiger partial charge in [0.25, 0.3) is 0 Å². The van der Waals surface area contributed by atoms with Crippen molar-refractivity contribution < 1.29 is 0 Å². The predicted octanol–water partition coefficient (Wildman–Crippen LogP) is 10.8. The number of hydrogen-bond acceptors (Lipinski definition) is 6. The van der Waals surface area contributed by atoms with Gasteiger partial charge in [-0.1, -0.05) is 81.1 Å². The van der Waals surface area contributed by atoms with Crippen molar-refractivity contribution >= 4 is 70.6 Å². The summed E-state index contributed by atoms with van der Waals surface area (Å²) < 4.78 is 1.29. The van der Waals surface area contributed by atoms with E-state index in [2.05, 4.69) is 126 Å². The van der Waals surface area contributed by atoms with Gasteiger partial charge in [-0.2, -0.15) is 0 Å². The van der Waals surface area contributed by atoms with Crippen LogP contribution >= 0.6 is 70.6 Å². The molecule has 4 aliphatic rings. The van der Waals surface area contributed by atoms with Gasteiger partial charge in [0.15, 0.2) is 0 Å². The molecule has 4 atom stereocenters. The Morgan fingerprint density at radius 1 is 0.400 bits per heavy atom. The molecule has 4 saturated heterocycles. The van der Waals surface area contributed by atoms with Crippen LogP contribution in [0.4, 0.5) is 0 Å². The van der Waals surface area contributed by atoms with E-state index >= 15 is 0 Å². The third-order valence-electron chi connectivity index (χ3n) is 7.01. The quantitative estimate of drug-likeness (QED) is 0.247. The van der Waals surface area contributed by atoms with Crippen LogP contribution in [0.15, 0.2) is 0 Å². The molecule has 0 N–H and O–H groups in total. The van der Waals surface area contributed by atoms with Crippen LogP contribution in [0.3, 0.4) is 0 Å². The van der Waals surface area contributed by atoms with Gasteiger partial charge in [0.05, 0.1) is 0 Å². The molecule has 0 aromatic rings. The number of thioether (sulfide) groups is 6. The van der Waals surface area contributed by atoms with Crippen LogP contribution in [0.1, 0.15) is 107 Å². The Balaban J connectivity index is 2.13. The fourth-order valence-electron chi connectivity index (χ4n) is 5.09. The number of rotatable bonds is 12. The van der Waals surface area contributed by atoms with Crippen LogP contribution in [-0.4, -0.2) is 13.6 Å². The normalized spacial score (nSPS) is 41.6. The molecule has 4 bridgehead atoms. The third kappa shape index (κ3) is 4.64. The van der Waals surface area contributed by atoms with Gasteiger partial charge in [-0.05, 0) is 49.4 Å². The van der Waals surface area contributed by atoms with Gasteiger partial charge in [0, 0.05) is 0 Å². The molecular formula is C24H44S6. The van der Waals surface area contributed by atoms with Crippen LogP contribution < -0.4 is 0 Å². The van der Waals surface area contributed by atoms with Crippen LogP contribution in [0.25, 0.3) is 0 Å². The van der Waals surface area contributed by atoms with E-state index in [-0.39, 0.29) is 0 Å². The second-order valence-corrected chi connectivity index (χ2v) is 21.8. The molecule has 0 aromatic heterocycles. The molecule has 0 aromatic carbocycles. The lowest BCUT2D eigenvalue weighted by Crippen LogP contribution is -2.60. The van der Waals surface area contributed by atoms with E-state index in [4.69, 9.17) is 0 Å². The van der Waals surface area contributed by atoms with E-state index in [9.17, 15) is 0 Å². The fraction of sp³-hybridized carbons (Fsp3) is 1.00. The molecule has 4 unspecified atom stereocenters. The molecule has 4 fully saturated rings. The van der Waals surface area contributed by atoms with Crippen molar-refractivity contribution in [3.8, 4) is 0 Å². The summed E-state index contributed by atoms with van der Waals surface area (Å²) in [5.41, 5.74) is 0. The van der Waals surface area contributed by atoms with E-state index in [1.165, 1.54) is 51.4 Å². The Bertz CT molecular complexity index is 444. The lowest BCUT2D eigenvalue weighted by atomic mass is 10.1. The van der Waals surface area contributed by atoms with E-state index < -0.39 is 0 Å². The minimum atomic E-state index is 0.323. The molecule has 6 heteroatoms. The summed E-state index contributed by atoms with van der Waals surface area (Å²) in [6, 6.07) is 0. The molecule has 0 radical (unpaired) electrons. The highest BCUT2D eigenvalue weighted by Gasteiger charge is 2.75. The summed E-state index contributed by atoms with van der Waals surface area (Å²) >= 11 is 14.4. The zero-order valence-corrected chi connectivity index (χ0v) is 25.3. The highest BCUT2D eigenvalue weighted by molar-refractivity contribution is 8.64. The lowest BCUT2D eigenvalue weighted by molar-refractivity contribution is 0.488.